The van der Waals surface area contributed by atoms with E-state index in [2.05, 4.69) is 17.0 Å². The van der Waals surface area contributed by atoms with Crippen molar-refractivity contribution in [2.45, 2.75) is 19.4 Å². The lowest BCUT2D eigenvalue weighted by molar-refractivity contribution is -0.133. The molecule has 0 unspecified atom stereocenters. The molecule has 2 N–H and O–H groups in total. The number of thiophene rings is 1. The maximum atomic E-state index is 12.5. The van der Waals surface area contributed by atoms with E-state index in [0.29, 0.717) is 0 Å². The second-order valence-electron chi connectivity index (χ2n) is 6.13. The molecule has 3 rings (SSSR count). The van der Waals surface area contributed by atoms with E-state index in [9.17, 15) is 4.79 Å². The summed E-state index contributed by atoms with van der Waals surface area (Å²) < 4.78 is 0. The molecule has 1 aliphatic rings. The number of benzene rings is 1. The van der Waals surface area contributed by atoms with Gasteiger partial charge in [0.25, 0.3) is 0 Å². The summed E-state index contributed by atoms with van der Waals surface area (Å²) in [4.78, 5) is 20.5. The SMILES string of the molecule is C#Cc1ccc(-c2cccc([C@@]3(C)N=C(N)N(C)C(=O)[C@@H]3C)c2)s1. The van der Waals surface area contributed by atoms with Gasteiger partial charge < -0.3 is 5.73 Å². The highest BCUT2D eigenvalue weighted by atomic mass is 32.1. The van der Waals surface area contributed by atoms with E-state index in [1.165, 1.54) is 4.90 Å². The van der Waals surface area contributed by atoms with Gasteiger partial charge in [-0.1, -0.05) is 31.0 Å². The van der Waals surface area contributed by atoms with Gasteiger partial charge in [0.1, 0.15) is 0 Å². The van der Waals surface area contributed by atoms with Gasteiger partial charge in [-0.15, -0.1) is 17.8 Å². The molecule has 122 valence electrons. The average Bonchev–Trinajstić information content (AvgIpc) is 3.07. The van der Waals surface area contributed by atoms with E-state index in [-0.39, 0.29) is 17.8 Å². The number of nitrogens with zero attached hydrogens (tertiary/aromatic N) is 2. The summed E-state index contributed by atoms with van der Waals surface area (Å²) in [5.41, 5.74) is 7.29. The number of hydrogen-bond acceptors (Lipinski definition) is 4. The van der Waals surface area contributed by atoms with Crippen LogP contribution in [0, 0.1) is 18.3 Å². The van der Waals surface area contributed by atoms with Crippen molar-refractivity contribution in [2.24, 2.45) is 16.6 Å². The van der Waals surface area contributed by atoms with Gasteiger partial charge in [-0.2, -0.15) is 0 Å². The van der Waals surface area contributed by atoms with Gasteiger partial charge in [0.15, 0.2) is 5.96 Å². The van der Waals surface area contributed by atoms with Crippen LogP contribution in [0.25, 0.3) is 10.4 Å². The minimum atomic E-state index is -0.685. The van der Waals surface area contributed by atoms with Crippen LogP contribution in [0.3, 0.4) is 0 Å². The molecule has 2 atom stereocenters. The molecule has 0 bridgehead atoms. The Bertz CT molecular complexity index is 877. The molecule has 2 heterocycles. The first-order valence-electron chi connectivity index (χ1n) is 7.67. The van der Waals surface area contributed by atoms with E-state index < -0.39 is 5.54 Å². The summed E-state index contributed by atoms with van der Waals surface area (Å²) in [6, 6.07) is 12.0. The molecule has 0 spiro atoms. The predicted octanol–water partition coefficient (Wildman–Crippen LogP) is 3.03. The van der Waals surface area contributed by atoms with Crippen molar-refractivity contribution < 1.29 is 4.79 Å². The lowest BCUT2D eigenvalue weighted by Gasteiger charge is -2.39. The van der Waals surface area contributed by atoms with Crippen LogP contribution in [0.2, 0.25) is 0 Å². The maximum absolute atomic E-state index is 12.5. The highest BCUT2D eigenvalue weighted by Crippen LogP contribution is 2.39. The highest BCUT2D eigenvalue weighted by molar-refractivity contribution is 7.16. The van der Waals surface area contributed by atoms with Crippen molar-refractivity contribution >= 4 is 23.2 Å². The number of guanidine groups is 1. The van der Waals surface area contributed by atoms with Crippen molar-refractivity contribution in [1.29, 1.82) is 0 Å². The molecule has 4 nitrogen and oxygen atoms in total. The standard InChI is InChI=1S/C19H19N3OS/c1-5-15-9-10-16(24-15)13-7-6-8-14(11-13)19(3)12(2)17(23)22(4)18(20)21-19/h1,6-12H,2-4H3,(H2,20,21)/t12-,19-/m0/s1. The highest BCUT2D eigenvalue weighted by Gasteiger charge is 2.43. The van der Waals surface area contributed by atoms with Crippen molar-refractivity contribution in [2.75, 3.05) is 7.05 Å². The van der Waals surface area contributed by atoms with Gasteiger partial charge in [-0.05, 0) is 36.2 Å². The van der Waals surface area contributed by atoms with E-state index in [1.807, 2.05) is 44.2 Å². The molecular weight excluding hydrogens is 318 g/mol. The monoisotopic (exact) mass is 337 g/mol. The number of carbonyl (C=O) groups excluding carboxylic acids is 1. The first-order valence-corrected chi connectivity index (χ1v) is 8.48. The molecule has 0 aliphatic carbocycles. The fraction of sp³-hybridized carbons (Fsp3) is 0.263. The molecule has 0 saturated carbocycles. The minimum Gasteiger partial charge on any atom is -0.369 e. The van der Waals surface area contributed by atoms with E-state index in [0.717, 1.165) is 20.9 Å². The number of amides is 1. The Hall–Kier alpha value is -2.58. The van der Waals surface area contributed by atoms with Gasteiger partial charge >= 0.3 is 0 Å². The first-order chi connectivity index (χ1) is 11.4. The topological polar surface area (TPSA) is 58.7 Å². The first kappa shape index (κ1) is 16.3. The van der Waals surface area contributed by atoms with Crippen LogP contribution in [0.15, 0.2) is 41.4 Å². The second kappa shape index (κ2) is 5.81. The zero-order valence-electron chi connectivity index (χ0n) is 13.9. The zero-order valence-corrected chi connectivity index (χ0v) is 14.7. The molecule has 1 aromatic carbocycles. The normalized spacial score (nSPS) is 23.8. The Morgan fingerprint density at radius 1 is 1.38 bits per heavy atom. The summed E-state index contributed by atoms with van der Waals surface area (Å²) in [7, 11) is 1.65. The molecule has 2 aromatic rings. The summed E-state index contributed by atoms with van der Waals surface area (Å²) in [6.45, 7) is 3.85. The Morgan fingerprint density at radius 3 is 2.79 bits per heavy atom. The summed E-state index contributed by atoms with van der Waals surface area (Å²) in [6.07, 6.45) is 5.46. The fourth-order valence-corrected chi connectivity index (χ4v) is 3.74. The van der Waals surface area contributed by atoms with Crippen LogP contribution in [0.5, 0.6) is 0 Å². The largest absolute Gasteiger partial charge is 0.369 e. The van der Waals surface area contributed by atoms with Gasteiger partial charge in [0, 0.05) is 11.9 Å². The Balaban J connectivity index is 2.08. The average molecular weight is 337 g/mol. The number of carbonyl (C=O) groups is 1. The molecule has 1 aromatic heterocycles. The molecule has 1 aliphatic heterocycles. The van der Waals surface area contributed by atoms with Crippen LogP contribution in [0.1, 0.15) is 24.3 Å². The third-order valence-corrected chi connectivity index (χ3v) is 5.78. The van der Waals surface area contributed by atoms with E-state index in [1.54, 1.807) is 18.4 Å². The zero-order chi connectivity index (χ0) is 17.5. The Kier molecular flexibility index (Phi) is 3.94. The van der Waals surface area contributed by atoms with Crippen LogP contribution in [0.4, 0.5) is 0 Å². The summed E-state index contributed by atoms with van der Waals surface area (Å²) >= 11 is 1.57. The van der Waals surface area contributed by atoms with Gasteiger partial charge in [-0.25, -0.2) is 4.99 Å². The molecule has 0 saturated heterocycles. The van der Waals surface area contributed by atoms with Crippen LogP contribution in [-0.4, -0.2) is 23.8 Å². The molecule has 1 amide bonds. The van der Waals surface area contributed by atoms with Gasteiger partial charge in [0.2, 0.25) is 5.91 Å². The molecular formula is C19H19N3OS. The molecule has 24 heavy (non-hydrogen) atoms. The van der Waals surface area contributed by atoms with E-state index in [4.69, 9.17) is 12.2 Å². The smallest absolute Gasteiger partial charge is 0.234 e. The Morgan fingerprint density at radius 2 is 2.12 bits per heavy atom. The number of hydrogen-bond donors (Lipinski definition) is 1. The van der Waals surface area contributed by atoms with Crippen molar-refractivity contribution in [3.63, 3.8) is 0 Å². The van der Waals surface area contributed by atoms with Crippen LogP contribution >= 0.6 is 11.3 Å². The minimum absolute atomic E-state index is 0.0267. The lowest BCUT2D eigenvalue weighted by atomic mass is 9.79. The number of aliphatic imine (C=N–C) groups is 1. The fourth-order valence-electron chi connectivity index (χ4n) is 2.93. The summed E-state index contributed by atoms with van der Waals surface area (Å²) in [5, 5.41) is 0. The number of rotatable bonds is 2. The van der Waals surface area contributed by atoms with Crippen LogP contribution < -0.4 is 5.73 Å². The molecule has 5 heteroatoms. The van der Waals surface area contributed by atoms with Crippen molar-refractivity contribution in [3.8, 4) is 22.8 Å². The third-order valence-electron chi connectivity index (χ3n) is 4.71. The predicted molar refractivity (Wildman–Crippen MR) is 98.6 cm³/mol. The second-order valence-corrected chi connectivity index (χ2v) is 7.21. The quantitative estimate of drug-likeness (QED) is 0.856. The molecule has 0 fully saturated rings. The van der Waals surface area contributed by atoms with E-state index >= 15 is 0 Å². The Labute approximate surface area is 146 Å². The lowest BCUT2D eigenvalue weighted by Crippen LogP contribution is -2.52. The number of nitrogens with two attached hydrogens (primary N) is 1. The van der Waals surface area contributed by atoms with Gasteiger partial charge in [-0.3, -0.25) is 9.69 Å². The third kappa shape index (κ3) is 2.49. The van der Waals surface area contributed by atoms with Crippen LogP contribution in [-0.2, 0) is 10.3 Å². The van der Waals surface area contributed by atoms with Crippen molar-refractivity contribution in [1.82, 2.24) is 4.90 Å². The molecule has 0 radical (unpaired) electrons. The number of terminal acetylenes is 1. The summed E-state index contributed by atoms with van der Waals surface area (Å²) in [5.74, 6) is 2.58. The van der Waals surface area contributed by atoms with Gasteiger partial charge in [0.05, 0.1) is 16.3 Å². The van der Waals surface area contributed by atoms with Crippen molar-refractivity contribution in [3.05, 3.63) is 46.8 Å². The maximum Gasteiger partial charge on any atom is 0.234 e.